The Kier molecular flexibility index (Phi) is 6.50. The highest BCUT2D eigenvalue weighted by atomic mass is 32.2. The number of nitrogens with zero attached hydrogens (tertiary/aromatic N) is 1. The molecule has 192 valence electrons. The van der Waals surface area contributed by atoms with Crippen LogP contribution in [-0.4, -0.2) is 20.6 Å². The van der Waals surface area contributed by atoms with Gasteiger partial charge in [-0.05, 0) is 48.4 Å². The second kappa shape index (κ2) is 9.79. The molecule has 0 bridgehead atoms. The Hall–Kier alpha value is -4.43. The standard InChI is InChI=1S/C30H25FN2O4S/c1-19(20-9-5-3-6-10-20)33(38(2,35)36)26-18-27-25(17-24(26)21-11-7-4-8-12-21)28(30(32)34)29(37-27)22-13-15-23(31)16-14-22/h3-19H,1-2H3,(H2,32,34). The first kappa shape index (κ1) is 25.2. The molecule has 0 fully saturated rings. The quantitative estimate of drug-likeness (QED) is 0.260. The number of carbonyl (C=O) groups excluding carboxylic acids is 1. The minimum atomic E-state index is -3.78. The fourth-order valence-corrected chi connectivity index (χ4v) is 5.96. The average molecular weight is 529 g/mol. The van der Waals surface area contributed by atoms with E-state index in [1.54, 1.807) is 12.1 Å². The van der Waals surface area contributed by atoms with Crippen LogP contribution in [0.4, 0.5) is 10.1 Å². The van der Waals surface area contributed by atoms with Crippen LogP contribution < -0.4 is 10.0 Å². The maximum absolute atomic E-state index is 13.6. The lowest BCUT2D eigenvalue weighted by Crippen LogP contribution is -2.33. The summed E-state index contributed by atoms with van der Waals surface area (Å²) in [5.41, 5.74) is 9.20. The fraction of sp³-hybridized carbons (Fsp3) is 0.100. The first-order valence-electron chi connectivity index (χ1n) is 11.9. The summed E-state index contributed by atoms with van der Waals surface area (Å²) >= 11 is 0. The minimum absolute atomic E-state index is 0.136. The van der Waals surface area contributed by atoms with Crippen molar-refractivity contribution in [2.24, 2.45) is 5.73 Å². The Labute approximate surface area is 220 Å². The third-order valence-electron chi connectivity index (χ3n) is 6.47. The summed E-state index contributed by atoms with van der Waals surface area (Å²) in [7, 11) is -3.78. The SMILES string of the molecule is CC(c1ccccc1)N(c1cc2oc(-c3ccc(F)cc3)c(C(N)=O)c2cc1-c1ccccc1)S(C)(=O)=O. The second-order valence-electron chi connectivity index (χ2n) is 9.05. The summed E-state index contributed by atoms with van der Waals surface area (Å²) in [6.45, 7) is 1.82. The minimum Gasteiger partial charge on any atom is -0.455 e. The number of anilines is 1. The van der Waals surface area contributed by atoms with Crippen LogP contribution >= 0.6 is 0 Å². The molecule has 0 radical (unpaired) electrons. The molecule has 4 aromatic carbocycles. The number of sulfonamides is 1. The molecule has 0 saturated carbocycles. The Balaban J connectivity index is 1.84. The van der Waals surface area contributed by atoms with Gasteiger partial charge in [0, 0.05) is 22.6 Å². The zero-order valence-electron chi connectivity index (χ0n) is 20.8. The van der Waals surface area contributed by atoms with Gasteiger partial charge < -0.3 is 10.2 Å². The second-order valence-corrected chi connectivity index (χ2v) is 10.9. The van der Waals surface area contributed by atoms with E-state index in [9.17, 15) is 17.6 Å². The van der Waals surface area contributed by atoms with E-state index in [0.717, 1.165) is 17.4 Å². The number of benzene rings is 4. The zero-order chi connectivity index (χ0) is 27.0. The molecule has 38 heavy (non-hydrogen) atoms. The van der Waals surface area contributed by atoms with Crippen LogP contribution in [0, 0.1) is 5.82 Å². The van der Waals surface area contributed by atoms with Gasteiger partial charge in [0.1, 0.15) is 17.2 Å². The highest BCUT2D eigenvalue weighted by Gasteiger charge is 2.30. The predicted molar refractivity (Wildman–Crippen MR) is 148 cm³/mol. The molecule has 8 heteroatoms. The highest BCUT2D eigenvalue weighted by Crippen LogP contribution is 2.43. The van der Waals surface area contributed by atoms with Crippen LogP contribution in [0.5, 0.6) is 0 Å². The first-order chi connectivity index (χ1) is 18.1. The molecule has 0 aliphatic carbocycles. The fourth-order valence-electron chi connectivity index (χ4n) is 4.75. The number of hydrogen-bond donors (Lipinski definition) is 1. The van der Waals surface area contributed by atoms with Crippen LogP contribution in [-0.2, 0) is 10.0 Å². The van der Waals surface area contributed by atoms with Crippen molar-refractivity contribution in [2.45, 2.75) is 13.0 Å². The van der Waals surface area contributed by atoms with Crippen molar-refractivity contribution in [3.05, 3.63) is 114 Å². The van der Waals surface area contributed by atoms with Gasteiger partial charge in [0.2, 0.25) is 10.0 Å². The summed E-state index contributed by atoms with van der Waals surface area (Å²) in [5.74, 6) is -0.962. The summed E-state index contributed by atoms with van der Waals surface area (Å²) in [6.07, 6.45) is 1.16. The number of furan rings is 1. The number of primary amides is 1. The molecule has 5 rings (SSSR count). The van der Waals surface area contributed by atoms with Gasteiger partial charge in [0.15, 0.2) is 0 Å². The largest absolute Gasteiger partial charge is 0.455 e. The molecule has 0 spiro atoms. The molecule has 0 saturated heterocycles. The van der Waals surface area contributed by atoms with Gasteiger partial charge in [-0.3, -0.25) is 9.10 Å². The zero-order valence-corrected chi connectivity index (χ0v) is 21.6. The van der Waals surface area contributed by atoms with Gasteiger partial charge in [-0.2, -0.15) is 0 Å². The number of fused-ring (bicyclic) bond motifs is 1. The van der Waals surface area contributed by atoms with Gasteiger partial charge in [-0.25, -0.2) is 12.8 Å². The molecule has 1 unspecified atom stereocenters. The van der Waals surface area contributed by atoms with Crippen molar-refractivity contribution in [3.63, 3.8) is 0 Å². The lowest BCUT2D eigenvalue weighted by atomic mass is 9.97. The van der Waals surface area contributed by atoms with Gasteiger partial charge in [-0.1, -0.05) is 60.7 Å². The number of rotatable bonds is 7. The van der Waals surface area contributed by atoms with Crippen LogP contribution in [0.25, 0.3) is 33.4 Å². The Bertz CT molecular complexity index is 1730. The Morgan fingerprint density at radius 3 is 2.08 bits per heavy atom. The van der Waals surface area contributed by atoms with E-state index in [4.69, 9.17) is 10.2 Å². The van der Waals surface area contributed by atoms with Crippen LogP contribution in [0.3, 0.4) is 0 Å². The summed E-state index contributed by atoms with van der Waals surface area (Å²) in [6, 6.07) is 26.9. The van der Waals surface area contributed by atoms with Gasteiger partial charge in [0.05, 0.1) is 23.5 Å². The summed E-state index contributed by atoms with van der Waals surface area (Å²) in [4.78, 5) is 12.6. The van der Waals surface area contributed by atoms with Crippen molar-refractivity contribution in [3.8, 4) is 22.5 Å². The van der Waals surface area contributed by atoms with E-state index in [0.29, 0.717) is 22.2 Å². The van der Waals surface area contributed by atoms with Crippen LogP contribution in [0.15, 0.2) is 101 Å². The summed E-state index contributed by atoms with van der Waals surface area (Å²) in [5, 5.41) is 0.431. The van der Waals surface area contributed by atoms with Crippen molar-refractivity contribution in [2.75, 3.05) is 10.6 Å². The molecule has 0 aliphatic heterocycles. The van der Waals surface area contributed by atoms with Crippen molar-refractivity contribution < 1.29 is 22.0 Å². The Morgan fingerprint density at radius 2 is 1.50 bits per heavy atom. The average Bonchev–Trinajstić information content (AvgIpc) is 3.27. The molecule has 2 N–H and O–H groups in total. The van der Waals surface area contributed by atoms with Crippen molar-refractivity contribution in [1.82, 2.24) is 0 Å². The number of halogens is 1. The lowest BCUT2D eigenvalue weighted by molar-refractivity contribution is 0.100. The van der Waals surface area contributed by atoms with Gasteiger partial charge >= 0.3 is 0 Å². The monoisotopic (exact) mass is 528 g/mol. The summed E-state index contributed by atoms with van der Waals surface area (Å²) < 4.78 is 47.6. The number of carbonyl (C=O) groups is 1. The highest BCUT2D eigenvalue weighted by molar-refractivity contribution is 7.92. The molecular weight excluding hydrogens is 503 g/mol. The van der Waals surface area contributed by atoms with E-state index < -0.39 is 27.8 Å². The smallest absolute Gasteiger partial charge is 0.253 e. The molecule has 5 aromatic rings. The van der Waals surface area contributed by atoms with Crippen molar-refractivity contribution >= 4 is 32.6 Å². The maximum Gasteiger partial charge on any atom is 0.253 e. The van der Waals surface area contributed by atoms with E-state index in [2.05, 4.69) is 0 Å². The third-order valence-corrected chi connectivity index (χ3v) is 7.70. The lowest BCUT2D eigenvalue weighted by Gasteiger charge is -2.31. The number of nitrogens with two attached hydrogens (primary N) is 1. The van der Waals surface area contributed by atoms with E-state index >= 15 is 0 Å². The molecular formula is C30H25FN2O4S. The molecule has 1 heterocycles. The van der Waals surface area contributed by atoms with Crippen LogP contribution in [0.2, 0.25) is 0 Å². The van der Waals surface area contributed by atoms with Gasteiger partial charge in [-0.15, -0.1) is 0 Å². The molecule has 1 amide bonds. The van der Waals surface area contributed by atoms with Crippen molar-refractivity contribution in [1.29, 1.82) is 0 Å². The van der Waals surface area contributed by atoms with E-state index in [1.165, 1.54) is 28.6 Å². The molecule has 6 nitrogen and oxygen atoms in total. The number of amides is 1. The predicted octanol–water partition coefficient (Wildman–Crippen LogP) is 6.53. The van der Waals surface area contributed by atoms with E-state index in [1.807, 2.05) is 67.6 Å². The Morgan fingerprint density at radius 1 is 0.895 bits per heavy atom. The molecule has 1 aromatic heterocycles. The van der Waals surface area contributed by atoms with Gasteiger partial charge in [0.25, 0.3) is 5.91 Å². The normalized spacial score (nSPS) is 12.4. The molecule has 0 aliphatic rings. The number of hydrogen-bond acceptors (Lipinski definition) is 4. The van der Waals surface area contributed by atoms with Crippen LogP contribution in [0.1, 0.15) is 28.9 Å². The van der Waals surface area contributed by atoms with E-state index in [-0.39, 0.29) is 16.9 Å². The molecule has 1 atom stereocenters. The maximum atomic E-state index is 13.6. The third kappa shape index (κ3) is 4.66. The topological polar surface area (TPSA) is 93.6 Å². The first-order valence-corrected chi connectivity index (χ1v) is 13.8.